The number of furan rings is 1. The van der Waals surface area contributed by atoms with Crippen molar-refractivity contribution in [3.05, 3.63) is 24.1 Å². The molecule has 0 radical (unpaired) electrons. The first-order valence-electron chi connectivity index (χ1n) is 5.31. The second-order valence-electron chi connectivity index (χ2n) is 3.62. The number of rotatable bonds is 3. The van der Waals surface area contributed by atoms with Gasteiger partial charge in [0.15, 0.2) is 5.76 Å². The largest absolute Gasteiger partial charge is 0.461 e. The van der Waals surface area contributed by atoms with Gasteiger partial charge in [-0.2, -0.15) is 9.36 Å². The highest BCUT2D eigenvalue weighted by Gasteiger charge is 2.19. The summed E-state index contributed by atoms with van der Waals surface area (Å²) in [6.45, 7) is 1.91. The number of aromatic nitrogens is 3. The maximum Gasteiger partial charge on any atom is 0.263 e. The molecule has 0 saturated heterocycles. The van der Waals surface area contributed by atoms with Crippen molar-refractivity contribution in [2.75, 3.05) is 12.4 Å². The Kier molecular flexibility index (Phi) is 2.60. The lowest BCUT2D eigenvalue weighted by Crippen LogP contribution is -1.88. The molecule has 6 nitrogen and oxygen atoms in total. The van der Waals surface area contributed by atoms with Gasteiger partial charge in [0.1, 0.15) is 5.00 Å². The van der Waals surface area contributed by atoms with Crippen LogP contribution in [0.2, 0.25) is 0 Å². The Bertz CT molecular complexity index is 656. The van der Waals surface area contributed by atoms with Crippen LogP contribution in [0, 0.1) is 6.92 Å². The van der Waals surface area contributed by atoms with Crippen LogP contribution in [0.5, 0.6) is 0 Å². The Morgan fingerprint density at radius 2 is 2.28 bits per heavy atom. The maximum atomic E-state index is 5.26. The van der Waals surface area contributed by atoms with Crippen molar-refractivity contribution in [1.29, 1.82) is 0 Å². The number of nitrogens with zero attached hydrogens (tertiary/aromatic N) is 3. The normalized spacial score (nSPS) is 10.8. The van der Waals surface area contributed by atoms with Crippen LogP contribution in [0.3, 0.4) is 0 Å². The summed E-state index contributed by atoms with van der Waals surface area (Å²) >= 11 is 1.37. The zero-order valence-corrected chi connectivity index (χ0v) is 10.6. The van der Waals surface area contributed by atoms with Gasteiger partial charge in [-0.25, -0.2) is 0 Å². The van der Waals surface area contributed by atoms with E-state index in [2.05, 4.69) is 19.8 Å². The molecular weight excluding hydrogens is 252 g/mol. The van der Waals surface area contributed by atoms with Crippen LogP contribution in [0.1, 0.15) is 5.69 Å². The van der Waals surface area contributed by atoms with Crippen molar-refractivity contribution in [2.24, 2.45) is 0 Å². The Morgan fingerprint density at radius 3 is 3.00 bits per heavy atom. The highest BCUT2D eigenvalue weighted by atomic mass is 32.1. The van der Waals surface area contributed by atoms with Gasteiger partial charge in [-0.05, 0) is 30.6 Å². The van der Waals surface area contributed by atoms with Gasteiger partial charge in [-0.3, -0.25) is 0 Å². The van der Waals surface area contributed by atoms with Crippen molar-refractivity contribution in [3.8, 4) is 23.0 Å². The molecule has 0 unspecified atom stereocenters. The Labute approximate surface area is 107 Å². The monoisotopic (exact) mass is 262 g/mol. The summed E-state index contributed by atoms with van der Waals surface area (Å²) in [6, 6.07) is 3.56. The van der Waals surface area contributed by atoms with Gasteiger partial charge < -0.3 is 14.3 Å². The number of anilines is 1. The molecule has 0 amide bonds. The first-order valence-corrected chi connectivity index (χ1v) is 6.09. The van der Waals surface area contributed by atoms with Crippen LogP contribution in [0.4, 0.5) is 5.00 Å². The molecule has 0 aromatic carbocycles. The molecule has 3 heterocycles. The molecule has 3 aromatic rings. The van der Waals surface area contributed by atoms with E-state index in [9.17, 15) is 0 Å². The number of hydrogen-bond acceptors (Lipinski definition) is 7. The predicted octanol–water partition coefficient (Wildman–Crippen LogP) is 2.80. The Hall–Kier alpha value is -2.15. The van der Waals surface area contributed by atoms with E-state index in [4.69, 9.17) is 8.94 Å². The van der Waals surface area contributed by atoms with Crippen molar-refractivity contribution in [3.63, 3.8) is 0 Å². The zero-order chi connectivity index (χ0) is 12.5. The Morgan fingerprint density at radius 1 is 1.39 bits per heavy atom. The average molecular weight is 262 g/mol. The van der Waals surface area contributed by atoms with Crippen LogP contribution in [0.25, 0.3) is 23.0 Å². The van der Waals surface area contributed by atoms with Crippen LogP contribution < -0.4 is 5.32 Å². The summed E-state index contributed by atoms with van der Waals surface area (Å²) in [6.07, 6.45) is 1.57. The van der Waals surface area contributed by atoms with Crippen LogP contribution in [-0.2, 0) is 0 Å². The van der Waals surface area contributed by atoms with E-state index >= 15 is 0 Å². The molecule has 0 bridgehead atoms. The van der Waals surface area contributed by atoms with Crippen molar-refractivity contribution >= 4 is 16.5 Å². The minimum Gasteiger partial charge on any atom is -0.461 e. The van der Waals surface area contributed by atoms with E-state index in [0.717, 1.165) is 16.3 Å². The summed E-state index contributed by atoms with van der Waals surface area (Å²) in [5.74, 6) is 1.46. The molecule has 3 rings (SSSR count). The summed E-state index contributed by atoms with van der Waals surface area (Å²) in [5, 5.41) is 7.87. The first kappa shape index (κ1) is 11.0. The van der Waals surface area contributed by atoms with E-state index in [1.807, 2.05) is 14.0 Å². The van der Waals surface area contributed by atoms with Gasteiger partial charge in [-0.15, -0.1) is 0 Å². The first-order chi connectivity index (χ1) is 8.79. The highest BCUT2D eigenvalue weighted by Crippen LogP contribution is 2.34. The maximum absolute atomic E-state index is 5.26. The van der Waals surface area contributed by atoms with Gasteiger partial charge in [0, 0.05) is 7.05 Å². The molecule has 1 N–H and O–H groups in total. The topological polar surface area (TPSA) is 77.0 Å². The number of nitrogens with one attached hydrogen (secondary N) is 1. The van der Waals surface area contributed by atoms with Gasteiger partial charge in [-0.1, -0.05) is 5.16 Å². The highest BCUT2D eigenvalue weighted by molar-refractivity contribution is 7.10. The van der Waals surface area contributed by atoms with Gasteiger partial charge >= 0.3 is 0 Å². The van der Waals surface area contributed by atoms with E-state index in [0.29, 0.717) is 17.5 Å². The lowest BCUT2D eigenvalue weighted by Gasteiger charge is -1.96. The smallest absolute Gasteiger partial charge is 0.263 e. The summed E-state index contributed by atoms with van der Waals surface area (Å²) in [7, 11) is 1.83. The van der Waals surface area contributed by atoms with E-state index < -0.39 is 0 Å². The van der Waals surface area contributed by atoms with Crippen molar-refractivity contribution < 1.29 is 8.94 Å². The molecule has 3 aromatic heterocycles. The van der Waals surface area contributed by atoms with Crippen molar-refractivity contribution in [1.82, 2.24) is 14.5 Å². The molecule has 0 aliphatic rings. The van der Waals surface area contributed by atoms with Crippen LogP contribution in [0.15, 0.2) is 27.3 Å². The molecule has 92 valence electrons. The van der Waals surface area contributed by atoms with Gasteiger partial charge in [0.2, 0.25) is 5.82 Å². The van der Waals surface area contributed by atoms with E-state index in [-0.39, 0.29) is 0 Å². The van der Waals surface area contributed by atoms with Gasteiger partial charge in [0.25, 0.3) is 5.89 Å². The van der Waals surface area contributed by atoms with E-state index in [1.54, 1.807) is 18.4 Å². The molecule has 0 saturated carbocycles. The van der Waals surface area contributed by atoms with Crippen LogP contribution >= 0.6 is 11.5 Å². The standard InChI is InChI=1S/C11H10N4O2S/c1-6-8(11(12-2)18-15-6)10-13-9(14-17-10)7-4-3-5-16-7/h3-5,12H,1-2H3. The van der Waals surface area contributed by atoms with Gasteiger partial charge in [0.05, 0.1) is 17.5 Å². The second-order valence-corrected chi connectivity index (χ2v) is 4.40. The lowest BCUT2D eigenvalue weighted by molar-refractivity contribution is 0.429. The minimum atomic E-state index is 0.433. The SMILES string of the molecule is CNc1snc(C)c1-c1nc(-c2ccco2)no1. The molecule has 0 aliphatic heterocycles. The summed E-state index contributed by atoms with van der Waals surface area (Å²) in [4.78, 5) is 4.32. The fourth-order valence-corrected chi connectivity index (χ4v) is 2.36. The lowest BCUT2D eigenvalue weighted by atomic mass is 10.2. The van der Waals surface area contributed by atoms with Crippen LogP contribution in [-0.4, -0.2) is 21.6 Å². The molecule has 0 aliphatic carbocycles. The second kappa shape index (κ2) is 4.26. The molecule has 0 fully saturated rings. The Balaban J connectivity index is 2.05. The number of aryl methyl sites for hydroxylation is 1. The molecule has 18 heavy (non-hydrogen) atoms. The fourth-order valence-electron chi connectivity index (χ4n) is 1.62. The summed E-state index contributed by atoms with van der Waals surface area (Å²) in [5.41, 5.74) is 1.70. The average Bonchev–Trinajstić information content (AvgIpc) is 3.07. The molecule has 7 heteroatoms. The fraction of sp³-hybridized carbons (Fsp3) is 0.182. The molecular formula is C11H10N4O2S. The van der Waals surface area contributed by atoms with Crippen molar-refractivity contribution in [2.45, 2.75) is 6.92 Å². The zero-order valence-electron chi connectivity index (χ0n) is 9.80. The third-order valence-electron chi connectivity index (χ3n) is 2.47. The summed E-state index contributed by atoms with van der Waals surface area (Å²) < 4.78 is 14.7. The third kappa shape index (κ3) is 1.68. The quantitative estimate of drug-likeness (QED) is 0.782. The molecule has 0 atom stereocenters. The third-order valence-corrected chi connectivity index (χ3v) is 3.43. The minimum absolute atomic E-state index is 0.433. The number of hydrogen-bond donors (Lipinski definition) is 1. The predicted molar refractivity (Wildman–Crippen MR) is 67.4 cm³/mol. The van der Waals surface area contributed by atoms with E-state index in [1.165, 1.54) is 11.5 Å². The molecule has 0 spiro atoms.